The Hall–Kier alpha value is -1.15. The third-order valence-electron chi connectivity index (χ3n) is 2.72. The topological polar surface area (TPSA) is 26.3 Å². The van der Waals surface area contributed by atoms with Crippen molar-refractivity contribution >= 4 is 6.29 Å². The Kier molecular flexibility index (Phi) is 2.94. The van der Waals surface area contributed by atoms with Crippen LogP contribution in [0, 0.1) is 0 Å². The first-order valence-corrected chi connectivity index (χ1v) is 5.03. The molecule has 0 spiro atoms. The quantitative estimate of drug-likeness (QED) is 0.669. The van der Waals surface area contributed by atoms with E-state index >= 15 is 0 Å². The number of benzene rings is 1. The summed E-state index contributed by atoms with van der Waals surface area (Å²) in [7, 11) is 0. The SMILES string of the molecule is O=Cc1ccccc1C1CCCOC1. The van der Waals surface area contributed by atoms with Crippen LogP contribution in [-0.2, 0) is 4.74 Å². The van der Waals surface area contributed by atoms with Crippen LogP contribution in [0.15, 0.2) is 24.3 Å². The van der Waals surface area contributed by atoms with Gasteiger partial charge in [-0.25, -0.2) is 0 Å². The lowest BCUT2D eigenvalue weighted by Gasteiger charge is -2.23. The average molecular weight is 190 g/mol. The lowest BCUT2D eigenvalue weighted by atomic mass is 9.90. The van der Waals surface area contributed by atoms with Crippen LogP contribution < -0.4 is 0 Å². The maximum Gasteiger partial charge on any atom is 0.150 e. The Morgan fingerprint density at radius 2 is 2.21 bits per heavy atom. The van der Waals surface area contributed by atoms with E-state index in [4.69, 9.17) is 4.74 Å². The van der Waals surface area contributed by atoms with Crippen LogP contribution >= 0.6 is 0 Å². The molecule has 1 unspecified atom stereocenters. The van der Waals surface area contributed by atoms with Gasteiger partial charge < -0.3 is 4.74 Å². The third-order valence-corrected chi connectivity index (χ3v) is 2.72. The smallest absolute Gasteiger partial charge is 0.150 e. The van der Waals surface area contributed by atoms with Crippen LogP contribution in [0.3, 0.4) is 0 Å². The Balaban J connectivity index is 2.24. The van der Waals surface area contributed by atoms with Gasteiger partial charge in [0.05, 0.1) is 6.61 Å². The first-order chi connectivity index (χ1) is 6.92. The van der Waals surface area contributed by atoms with Gasteiger partial charge in [-0.3, -0.25) is 4.79 Å². The van der Waals surface area contributed by atoms with E-state index in [0.717, 1.165) is 43.5 Å². The number of carbonyl (C=O) groups is 1. The number of hydrogen-bond acceptors (Lipinski definition) is 2. The number of aldehydes is 1. The van der Waals surface area contributed by atoms with Crippen molar-refractivity contribution in [2.24, 2.45) is 0 Å². The summed E-state index contributed by atoms with van der Waals surface area (Å²) in [6.07, 6.45) is 3.16. The second-order valence-electron chi connectivity index (χ2n) is 3.66. The van der Waals surface area contributed by atoms with E-state index in [1.807, 2.05) is 24.3 Å². The Bertz CT molecular complexity index is 314. The fourth-order valence-electron chi connectivity index (χ4n) is 1.98. The molecule has 74 valence electrons. The van der Waals surface area contributed by atoms with E-state index in [1.54, 1.807) is 0 Å². The molecule has 14 heavy (non-hydrogen) atoms. The summed E-state index contributed by atoms with van der Waals surface area (Å²) in [5, 5.41) is 0. The number of rotatable bonds is 2. The fourth-order valence-corrected chi connectivity index (χ4v) is 1.98. The third kappa shape index (κ3) is 1.85. The highest BCUT2D eigenvalue weighted by Crippen LogP contribution is 2.27. The van der Waals surface area contributed by atoms with Crippen molar-refractivity contribution in [3.8, 4) is 0 Å². The Labute approximate surface area is 83.9 Å². The molecule has 0 saturated carbocycles. The van der Waals surface area contributed by atoms with Gasteiger partial charge in [-0.2, -0.15) is 0 Å². The molecule has 0 bridgehead atoms. The van der Waals surface area contributed by atoms with E-state index in [-0.39, 0.29) is 0 Å². The zero-order valence-electron chi connectivity index (χ0n) is 8.11. The highest BCUT2D eigenvalue weighted by atomic mass is 16.5. The van der Waals surface area contributed by atoms with Crippen LogP contribution in [-0.4, -0.2) is 19.5 Å². The second-order valence-corrected chi connectivity index (χ2v) is 3.66. The normalized spacial score (nSPS) is 21.9. The highest BCUT2D eigenvalue weighted by Gasteiger charge is 2.17. The molecule has 0 aliphatic carbocycles. The van der Waals surface area contributed by atoms with Crippen LogP contribution in [0.4, 0.5) is 0 Å². The molecule has 1 aliphatic rings. The predicted molar refractivity (Wildman–Crippen MR) is 54.6 cm³/mol. The van der Waals surface area contributed by atoms with E-state index in [0.29, 0.717) is 5.92 Å². The van der Waals surface area contributed by atoms with E-state index in [1.165, 1.54) is 0 Å². The molecule has 0 aromatic heterocycles. The maximum absolute atomic E-state index is 10.8. The van der Waals surface area contributed by atoms with Gasteiger partial charge in [0.15, 0.2) is 0 Å². The van der Waals surface area contributed by atoms with Crippen molar-refractivity contribution in [1.82, 2.24) is 0 Å². The zero-order chi connectivity index (χ0) is 9.80. The summed E-state index contributed by atoms with van der Waals surface area (Å²) in [5.74, 6) is 0.408. The van der Waals surface area contributed by atoms with Crippen LogP contribution in [0.1, 0.15) is 34.7 Å². The molecule has 0 radical (unpaired) electrons. The second kappa shape index (κ2) is 4.38. The molecule has 1 heterocycles. The summed E-state index contributed by atoms with van der Waals surface area (Å²) in [6.45, 7) is 1.62. The molecule has 1 fully saturated rings. The van der Waals surface area contributed by atoms with Crippen molar-refractivity contribution in [3.63, 3.8) is 0 Å². The lowest BCUT2D eigenvalue weighted by molar-refractivity contribution is 0.0801. The molecular formula is C12H14O2. The summed E-state index contributed by atoms with van der Waals surface area (Å²) in [5.41, 5.74) is 1.95. The van der Waals surface area contributed by atoms with Crippen molar-refractivity contribution in [3.05, 3.63) is 35.4 Å². The van der Waals surface area contributed by atoms with Crippen LogP contribution in [0.2, 0.25) is 0 Å². The molecule has 1 aliphatic heterocycles. The largest absolute Gasteiger partial charge is 0.381 e. The molecule has 0 amide bonds. The molecule has 2 nitrogen and oxygen atoms in total. The van der Waals surface area contributed by atoms with Crippen molar-refractivity contribution < 1.29 is 9.53 Å². The molecule has 0 N–H and O–H groups in total. The van der Waals surface area contributed by atoms with Crippen LogP contribution in [0.25, 0.3) is 0 Å². The monoisotopic (exact) mass is 190 g/mol. The molecule has 2 heteroatoms. The summed E-state index contributed by atoms with van der Waals surface area (Å²) in [6, 6.07) is 7.79. The van der Waals surface area contributed by atoms with Gasteiger partial charge >= 0.3 is 0 Å². The van der Waals surface area contributed by atoms with E-state index < -0.39 is 0 Å². The summed E-state index contributed by atoms with van der Waals surface area (Å²) in [4.78, 5) is 10.8. The average Bonchev–Trinajstić information content (AvgIpc) is 2.30. The van der Waals surface area contributed by atoms with Gasteiger partial charge in [-0.05, 0) is 18.4 Å². The molecule has 2 rings (SSSR count). The zero-order valence-corrected chi connectivity index (χ0v) is 8.11. The van der Waals surface area contributed by atoms with Crippen molar-refractivity contribution in [2.75, 3.05) is 13.2 Å². The fraction of sp³-hybridized carbons (Fsp3) is 0.417. The Morgan fingerprint density at radius 3 is 2.93 bits per heavy atom. The minimum atomic E-state index is 0.408. The molecular weight excluding hydrogens is 176 g/mol. The van der Waals surface area contributed by atoms with Gasteiger partial charge in [0.25, 0.3) is 0 Å². The highest BCUT2D eigenvalue weighted by molar-refractivity contribution is 5.77. The standard InChI is InChI=1S/C12H14O2/c13-8-10-4-1-2-6-12(10)11-5-3-7-14-9-11/h1-2,4,6,8,11H,3,5,7,9H2. The molecule has 1 aromatic carbocycles. The van der Waals surface area contributed by atoms with Crippen molar-refractivity contribution in [1.29, 1.82) is 0 Å². The summed E-state index contributed by atoms with van der Waals surface area (Å²) >= 11 is 0. The number of hydrogen-bond donors (Lipinski definition) is 0. The minimum Gasteiger partial charge on any atom is -0.381 e. The van der Waals surface area contributed by atoms with Gasteiger partial charge in [-0.1, -0.05) is 24.3 Å². The first-order valence-electron chi connectivity index (χ1n) is 5.03. The van der Waals surface area contributed by atoms with Gasteiger partial charge in [0.2, 0.25) is 0 Å². The Morgan fingerprint density at radius 1 is 1.36 bits per heavy atom. The first kappa shape index (κ1) is 9.41. The maximum atomic E-state index is 10.8. The number of ether oxygens (including phenoxy) is 1. The molecule has 1 aromatic rings. The predicted octanol–water partition coefficient (Wildman–Crippen LogP) is 2.39. The van der Waals surface area contributed by atoms with Crippen molar-refractivity contribution in [2.45, 2.75) is 18.8 Å². The van der Waals surface area contributed by atoms with Crippen LogP contribution in [0.5, 0.6) is 0 Å². The minimum absolute atomic E-state index is 0.408. The van der Waals surface area contributed by atoms with Gasteiger partial charge in [0, 0.05) is 18.1 Å². The molecule has 1 saturated heterocycles. The lowest BCUT2D eigenvalue weighted by Crippen LogP contribution is -2.16. The van der Waals surface area contributed by atoms with Gasteiger partial charge in [0.1, 0.15) is 6.29 Å². The number of carbonyl (C=O) groups excluding carboxylic acids is 1. The van der Waals surface area contributed by atoms with Gasteiger partial charge in [-0.15, -0.1) is 0 Å². The van der Waals surface area contributed by atoms with E-state index in [9.17, 15) is 4.79 Å². The molecule has 1 atom stereocenters. The summed E-state index contributed by atoms with van der Waals surface area (Å²) < 4.78 is 5.42. The van der Waals surface area contributed by atoms with E-state index in [2.05, 4.69) is 0 Å².